The number of thiophene rings is 1. The first kappa shape index (κ1) is 17.2. The third-order valence-electron chi connectivity index (χ3n) is 5.35. The zero-order valence-corrected chi connectivity index (χ0v) is 15.3. The van der Waals surface area contributed by atoms with E-state index in [-0.39, 0.29) is 11.4 Å². The van der Waals surface area contributed by atoms with E-state index in [0.717, 1.165) is 62.9 Å². The Morgan fingerprint density at radius 1 is 1.26 bits per heavy atom. The Morgan fingerprint density at radius 2 is 2.04 bits per heavy atom. The maximum atomic E-state index is 12.6. The number of amides is 1. The molecule has 0 aromatic carbocycles. The summed E-state index contributed by atoms with van der Waals surface area (Å²) >= 11 is 7.52. The lowest BCUT2D eigenvalue weighted by Crippen LogP contribution is -2.50. The van der Waals surface area contributed by atoms with Gasteiger partial charge in [-0.05, 0) is 44.9 Å². The molecule has 0 aliphatic carbocycles. The van der Waals surface area contributed by atoms with Crippen molar-refractivity contribution in [3.8, 4) is 0 Å². The summed E-state index contributed by atoms with van der Waals surface area (Å²) in [7, 11) is 2.20. The molecule has 0 unspecified atom stereocenters. The van der Waals surface area contributed by atoms with Crippen molar-refractivity contribution < 1.29 is 9.53 Å². The largest absolute Gasteiger partial charge is 0.381 e. The fourth-order valence-corrected chi connectivity index (χ4v) is 4.75. The molecule has 1 spiro atoms. The normalized spacial score (nSPS) is 22.3. The Labute approximate surface area is 147 Å². The van der Waals surface area contributed by atoms with Crippen molar-refractivity contribution in [1.82, 2.24) is 9.80 Å². The quantitative estimate of drug-likeness (QED) is 0.834. The highest BCUT2D eigenvalue weighted by atomic mass is 35.5. The zero-order chi connectivity index (χ0) is 16.3. The van der Waals surface area contributed by atoms with Crippen molar-refractivity contribution in [2.24, 2.45) is 0 Å². The smallest absolute Gasteiger partial charge is 0.222 e. The Balaban J connectivity index is 1.55. The first-order valence-corrected chi connectivity index (χ1v) is 9.59. The average Bonchev–Trinajstić information content (AvgIpc) is 2.92. The minimum absolute atomic E-state index is 0.231. The van der Waals surface area contributed by atoms with E-state index < -0.39 is 0 Å². The fraction of sp³-hybridized carbons (Fsp3) is 0.706. The Morgan fingerprint density at radius 3 is 2.74 bits per heavy atom. The topological polar surface area (TPSA) is 32.8 Å². The summed E-state index contributed by atoms with van der Waals surface area (Å²) in [6.07, 6.45) is 4.60. The highest BCUT2D eigenvalue weighted by molar-refractivity contribution is 7.16. The van der Waals surface area contributed by atoms with Crippen LogP contribution in [0, 0.1) is 0 Å². The molecule has 2 fully saturated rings. The van der Waals surface area contributed by atoms with Gasteiger partial charge in [0.25, 0.3) is 0 Å². The minimum atomic E-state index is 0.231. The van der Waals surface area contributed by atoms with Gasteiger partial charge in [-0.3, -0.25) is 9.69 Å². The average molecular weight is 357 g/mol. The standard InChI is InChI=1S/C17H25ClN2O2S/c1-19-10-11-20(9-6-17(19)7-12-22-13-8-17)16(21)5-3-14-2-4-15(18)23-14/h2,4H,3,5-13H2,1H3. The molecule has 2 aliphatic heterocycles. The van der Waals surface area contributed by atoms with Crippen LogP contribution >= 0.6 is 22.9 Å². The third kappa shape index (κ3) is 4.08. The summed E-state index contributed by atoms with van der Waals surface area (Å²) in [5, 5.41) is 0. The Kier molecular flexibility index (Phi) is 5.62. The van der Waals surface area contributed by atoms with Gasteiger partial charge in [0.2, 0.25) is 5.91 Å². The van der Waals surface area contributed by atoms with Crippen molar-refractivity contribution in [3.05, 3.63) is 21.3 Å². The molecular weight excluding hydrogens is 332 g/mol. The predicted octanol–water partition coefficient (Wildman–Crippen LogP) is 3.05. The number of aryl methyl sites for hydroxylation is 1. The molecule has 0 N–H and O–H groups in total. The highest BCUT2D eigenvalue weighted by Crippen LogP contribution is 2.32. The van der Waals surface area contributed by atoms with Crippen molar-refractivity contribution in [3.63, 3.8) is 0 Å². The van der Waals surface area contributed by atoms with Crippen molar-refractivity contribution >= 4 is 28.8 Å². The van der Waals surface area contributed by atoms with Crippen LogP contribution < -0.4 is 0 Å². The van der Waals surface area contributed by atoms with Crippen molar-refractivity contribution in [1.29, 1.82) is 0 Å². The molecule has 128 valence electrons. The summed E-state index contributed by atoms with van der Waals surface area (Å²) in [4.78, 5) is 18.3. The molecule has 3 rings (SSSR count). The first-order chi connectivity index (χ1) is 11.1. The van der Waals surface area contributed by atoms with Gasteiger partial charge in [0.05, 0.1) is 4.34 Å². The van der Waals surface area contributed by atoms with Crippen LogP contribution in [0.1, 0.15) is 30.6 Å². The molecule has 0 bridgehead atoms. The molecular formula is C17H25ClN2O2S. The molecule has 1 aromatic heterocycles. The SMILES string of the molecule is CN1CCN(C(=O)CCc2ccc(Cl)s2)CCC12CCOCC2. The number of hydrogen-bond donors (Lipinski definition) is 0. The summed E-state index contributed by atoms with van der Waals surface area (Å²) in [5.74, 6) is 0.270. The maximum Gasteiger partial charge on any atom is 0.222 e. The van der Waals surface area contributed by atoms with E-state index in [1.807, 2.05) is 12.1 Å². The van der Waals surface area contributed by atoms with Gasteiger partial charge in [0.1, 0.15) is 0 Å². The van der Waals surface area contributed by atoms with Gasteiger partial charge < -0.3 is 9.64 Å². The molecule has 0 atom stereocenters. The van der Waals surface area contributed by atoms with E-state index in [2.05, 4.69) is 16.8 Å². The summed E-state index contributed by atoms with van der Waals surface area (Å²) < 4.78 is 6.33. The lowest BCUT2D eigenvalue weighted by molar-refractivity contribution is -0.131. The van der Waals surface area contributed by atoms with Crippen molar-refractivity contribution in [2.45, 2.75) is 37.6 Å². The lowest BCUT2D eigenvalue weighted by atomic mass is 9.85. The van der Waals surface area contributed by atoms with Gasteiger partial charge in [-0.25, -0.2) is 0 Å². The van der Waals surface area contributed by atoms with E-state index in [1.165, 1.54) is 4.88 Å². The van der Waals surface area contributed by atoms with Crippen LogP contribution in [0.25, 0.3) is 0 Å². The van der Waals surface area contributed by atoms with Crippen LogP contribution in [-0.2, 0) is 16.0 Å². The second-order valence-electron chi connectivity index (χ2n) is 6.59. The molecule has 3 heterocycles. The van der Waals surface area contributed by atoms with Gasteiger partial charge in [-0.2, -0.15) is 0 Å². The van der Waals surface area contributed by atoms with Gasteiger partial charge in [-0.15, -0.1) is 11.3 Å². The highest BCUT2D eigenvalue weighted by Gasteiger charge is 2.38. The number of rotatable bonds is 3. The van der Waals surface area contributed by atoms with Crippen LogP contribution in [0.4, 0.5) is 0 Å². The minimum Gasteiger partial charge on any atom is -0.381 e. The van der Waals surface area contributed by atoms with Crippen LogP contribution in [0.3, 0.4) is 0 Å². The molecule has 1 aromatic rings. The first-order valence-electron chi connectivity index (χ1n) is 8.40. The van der Waals surface area contributed by atoms with E-state index in [9.17, 15) is 4.79 Å². The van der Waals surface area contributed by atoms with Crippen LogP contribution in [0.15, 0.2) is 12.1 Å². The van der Waals surface area contributed by atoms with Crippen LogP contribution in [-0.4, -0.2) is 61.1 Å². The number of halogens is 1. The second-order valence-corrected chi connectivity index (χ2v) is 8.39. The zero-order valence-electron chi connectivity index (χ0n) is 13.7. The number of hydrogen-bond acceptors (Lipinski definition) is 4. The number of carbonyl (C=O) groups excluding carboxylic acids is 1. The number of ether oxygens (including phenoxy) is 1. The van der Waals surface area contributed by atoms with Gasteiger partial charge in [-0.1, -0.05) is 11.6 Å². The predicted molar refractivity (Wildman–Crippen MR) is 94.3 cm³/mol. The molecule has 23 heavy (non-hydrogen) atoms. The van der Waals surface area contributed by atoms with Gasteiger partial charge in [0, 0.05) is 49.7 Å². The summed E-state index contributed by atoms with van der Waals surface area (Å²) in [6.45, 7) is 4.35. The molecule has 4 nitrogen and oxygen atoms in total. The lowest BCUT2D eigenvalue weighted by Gasteiger charge is -2.43. The number of carbonyl (C=O) groups is 1. The molecule has 2 aliphatic rings. The number of likely N-dealkylation sites (N-methyl/N-ethyl adjacent to an activating group) is 1. The van der Waals surface area contributed by atoms with Crippen LogP contribution in [0.5, 0.6) is 0 Å². The monoisotopic (exact) mass is 356 g/mol. The second kappa shape index (κ2) is 7.51. The molecule has 1 amide bonds. The van der Waals surface area contributed by atoms with Crippen molar-refractivity contribution in [2.75, 3.05) is 39.9 Å². The molecule has 2 saturated heterocycles. The van der Waals surface area contributed by atoms with Gasteiger partial charge in [0.15, 0.2) is 0 Å². The molecule has 0 saturated carbocycles. The number of nitrogens with zero attached hydrogens (tertiary/aromatic N) is 2. The van der Waals surface area contributed by atoms with E-state index in [1.54, 1.807) is 11.3 Å². The molecule has 0 radical (unpaired) electrons. The summed E-state index contributed by atoms with van der Waals surface area (Å²) in [5.41, 5.74) is 0.231. The van der Waals surface area contributed by atoms with Gasteiger partial charge >= 0.3 is 0 Å². The third-order valence-corrected chi connectivity index (χ3v) is 6.64. The Hall–Kier alpha value is -0.620. The molecule has 6 heteroatoms. The van der Waals surface area contributed by atoms with Crippen LogP contribution in [0.2, 0.25) is 4.34 Å². The Bertz CT molecular complexity index is 542. The maximum absolute atomic E-state index is 12.6. The summed E-state index contributed by atoms with van der Waals surface area (Å²) in [6, 6.07) is 3.93. The fourth-order valence-electron chi connectivity index (χ4n) is 3.66. The van der Waals surface area contributed by atoms with E-state index in [0.29, 0.717) is 6.42 Å². The van der Waals surface area contributed by atoms with E-state index in [4.69, 9.17) is 16.3 Å². The van der Waals surface area contributed by atoms with E-state index >= 15 is 0 Å².